The fourth-order valence-electron chi connectivity index (χ4n) is 3.39. The molecule has 2 saturated carbocycles. The molecule has 2 aliphatic carbocycles. The van der Waals surface area contributed by atoms with Gasteiger partial charge >= 0.3 is 0 Å². The first-order valence-corrected chi connectivity index (χ1v) is 8.18. The second kappa shape index (κ2) is 8.56. The molecule has 0 radical (unpaired) electrons. The van der Waals surface area contributed by atoms with Crippen LogP contribution in [-0.4, -0.2) is 50.6 Å². The summed E-state index contributed by atoms with van der Waals surface area (Å²) in [5, 5.41) is 7.02. The van der Waals surface area contributed by atoms with Crippen LogP contribution in [0.1, 0.15) is 45.4 Å². The lowest BCUT2D eigenvalue weighted by atomic mass is 9.75. The van der Waals surface area contributed by atoms with Gasteiger partial charge in [-0.05, 0) is 51.6 Å². The molecule has 0 aromatic heterocycles. The summed E-state index contributed by atoms with van der Waals surface area (Å²) in [4.78, 5) is 6.78. The first-order valence-electron chi connectivity index (χ1n) is 8.18. The monoisotopic (exact) mass is 408 g/mol. The van der Waals surface area contributed by atoms with E-state index >= 15 is 0 Å². The minimum absolute atomic E-state index is 0. The molecule has 4 nitrogen and oxygen atoms in total. The van der Waals surface area contributed by atoms with E-state index in [1.807, 2.05) is 7.05 Å². The lowest BCUT2D eigenvalue weighted by molar-refractivity contribution is 0.0795. The molecule has 124 valence electrons. The molecule has 21 heavy (non-hydrogen) atoms. The number of nitrogens with zero attached hydrogens (tertiary/aromatic N) is 2. The summed E-state index contributed by atoms with van der Waals surface area (Å²) in [6.45, 7) is 4.46. The number of hydrogen-bond donors (Lipinski definition) is 2. The number of rotatable bonds is 5. The van der Waals surface area contributed by atoms with Crippen molar-refractivity contribution in [2.45, 2.75) is 51.0 Å². The Hall–Kier alpha value is -0.0400. The van der Waals surface area contributed by atoms with Gasteiger partial charge in [-0.25, -0.2) is 0 Å². The Bertz CT molecular complexity index is 341. The highest BCUT2D eigenvalue weighted by atomic mass is 127. The van der Waals surface area contributed by atoms with E-state index in [4.69, 9.17) is 0 Å². The highest BCUT2D eigenvalue weighted by Crippen LogP contribution is 2.35. The number of guanidine groups is 1. The third-order valence-corrected chi connectivity index (χ3v) is 5.08. The molecule has 2 fully saturated rings. The Morgan fingerprint density at radius 2 is 1.95 bits per heavy atom. The minimum atomic E-state index is 0. The van der Waals surface area contributed by atoms with E-state index in [1.165, 1.54) is 38.5 Å². The topological polar surface area (TPSA) is 39.7 Å². The summed E-state index contributed by atoms with van der Waals surface area (Å²) in [7, 11) is 6.31. The maximum atomic E-state index is 4.36. The average Bonchev–Trinajstić information content (AvgIpc) is 3.23. The predicted molar refractivity (Wildman–Crippen MR) is 102 cm³/mol. The summed E-state index contributed by atoms with van der Waals surface area (Å²) in [6, 6.07) is 0. The molecule has 0 aromatic rings. The zero-order chi connectivity index (χ0) is 14.6. The Morgan fingerprint density at radius 1 is 1.24 bits per heavy atom. The maximum absolute atomic E-state index is 4.36. The average molecular weight is 408 g/mol. The molecule has 0 heterocycles. The fourth-order valence-corrected chi connectivity index (χ4v) is 3.39. The molecule has 0 aliphatic heterocycles. The van der Waals surface area contributed by atoms with Gasteiger partial charge in [0.05, 0.1) is 0 Å². The number of nitrogens with one attached hydrogen (secondary N) is 2. The van der Waals surface area contributed by atoms with Gasteiger partial charge in [0.15, 0.2) is 5.96 Å². The van der Waals surface area contributed by atoms with Crippen LogP contribution in [0.15, 0.2) is 4.99 Å². The third-order valence-electron chi connectivity index (χ3n) is 5.08. The summed E-state index contributed by atoms with van der Waals surface area (Å²) in [5.74, 6) is 2.68. The van der Waals surface area contributed by atoms with Crippen LogP contribution in [-0.2, 0) is 0 Å². The highest BCUT2D eigenvalue weighted by Gasteiger charge is 2.37. The van der Waals surface area contributed by atoms with Gasteiger partial charge in [-0.2, -0.15) is 0 Å². The minimum Gasteiger partial charge on any atom is -0.356 e. The third kappa shape index (κ3) is 5.58. The summed E-state index contributed by atoms with van der Waals surface area (Å²) < 4.78 is 0. The molecule has 2 atom stereocenters. The van der Waals surface area contributed by atoms with Gasteiger partial charge < -0.3 is 15.5 Å². The van der Waals surface area contributed by atoms with Crippen molar-refractivity contribution in [1.82, 2.24) is 15.5 Å². The van der Waals surface area contributed by atoms with Crippen molar-refractivity contribution < 1.29 is 0 Å². The van der Waals surface area contributed by atoms with E-state index in [-0.39, 0.29) is 29.5 Å². The van der Waals surface area contributed by atoms with Crippen molar-refractivity contribution in [3.05, 3.63) is 0 Å². The van der Waals surface area contributed by atoms with E-state index in [9.17, 15) is 0 Å². The Kier molecular flexibility index (Phi) is 7.74. The van der Waals surface area contributed by atoms with Gasteiger partial charge in [-0.1, -0.05) is 19.8 Å². The van der Waals surface area contributed by atoms with E-state index in [0.29, 0.717) is 0 Å². The lowest BCUT2D eigenvalue weighted by Gasteiger charge is -2.45. The molecule has 0 saturated heterocycles. The van der Waals surface area contributed by atoms with Crippen LogP contribution in [0.3, 0.4) is 0 Å². The van der Waals surface area contributed by atoms with Gasteiger partial charge in [0.2, 0.25) is 0 Å². The Labute approximate surface area is 147 Å². The van der Waals surface area contributed by atoms with Crippen LogP contribution in [0.25, 0.3) is 0 Å². The van der Waals surface area contributed by atoms with E-state index < -0.39 is 0 Å². The Balaban J connectivity index is 0.00000220. The molecule has 2 N–H and O–H groups in total. The lowest BCUT2D eigenvalue weighted by Crippen LogP contribution is -2.56. The van der Waals surface area contributed by atoms with Gasteiger partial charge in [-0.15, -0.1) is 24.0 Å². The number of likely N-dealkylation sites (N-methyl/N-ethyl adjacent to an activating group) is 1. The first kappa shape index (κ1) is 19.0. The fraction of sp³-hybridized carbons (Fsp3) is 0.938. The number of hydrogen-bond acceptors (Lipinski definition) is 2. The van der Waals surface area contributed by atoms with Crippen molar-refractivity contribution in [3.63, 3.8) is 0 Å². The van der Waals surface area contributed by atoms with Crippen molar-refractivity contribution in [1.29, 1.82) is 0 Å². The normalized spacial score (nSPS) is 30.0. The SMILES string of the molecule is CN=C(NCC1CC1)NCC1(N(C)C)CCCC(C)C1.I. The second-order valence-electron chi connectivity index (χ2n) is 7.07. The highest BCUT2D eigenvalue weighted by molar-refractivity contribution is 14.0. The molecule has 0 spiro atoms. The molecule has 0 amide bonds. The zero-order valence-electron chi connectivity index (χ0n) is 14.1. The first-order chi connectivity index (χ1) is 9.55. The van der Waals surface area contributed by atoms with Crippen LogP contribution < -0.4 is 10.6 Å². The standard InChI is InChI=1S/C16H32N4.HI/c1-13-6-5-9-16(10-13,20(3)4)12-19-15(17-2)18-11-14-7-8-14;/h13-14H,5-12H2,1-4H3,(H2,17,18,19);1H. The number of halogens is 1. The van der Waals surface area contributed by atoms with Crippen molar-refractivity contribution in [3.8, 4) is 0 Å². The van der Waals surface area contributed by atoms with Gasteiger partial charge in [0, 0.05) is 25.7 Å². The summed E-state index contributed by atoms with van der Waals surface area (Å²) >= 11 is 0. The molecule has 2 unspecified atom stereocenters. The quantitative estimate of drug-likeness (QED) is 0.418. The van der Waals surface area contributed by atoms with Crippen molar-refractivity contribution in [2.24, 2.45) is 16.8 Å². The van der Waals surface area contributed by atoms with Crippen LogP contribution in [0.4, 0.5) is 0 Å². The van der Waals surface area contributed by atoms with Crippen molar-refractivity contribution >= 4 is 29.9 Å². The largest absolute Gasteiger partial charge is 0.356 e. The van der Waals surface area contributed by atoms with Crippen LogP contribution >= 0.6 is 24.0 Å². The summed E-state index contributed by atoms with van der Waals surface area (Å²) in [5.41, 5.74) is 0.287. The van der Waals surface area contributed by atoms with Crippen LogP contribution in [0, 0.1) is 11.8 Å². The maximum Gasteiger partial charge on any atom is 0.191 e. The van der Waals surface area contributed by atoms with E-state index in [1.54, 1.807) is 0 Å². The van der Waals surface area contributed by atoms with Crippen LogP contribution in [0.2, 0.25) is 0 Å². The second-order valence-corrected chi connectivity index (χ2v) is 7.07. The molecule has 0 aromatic carbocycles. The molecule has 5 heteroatoms. The number of aliphatic imine (C=N–C) groups is 1. The van der Waals surface area contributed by atoms with Crippen LogP contribution in [0.5, 0.6) is 0 Å². The van der Waals surface area contributed by atoms with Gasteiger partial charge in [-0.3, -0.25) is 4.99 Å². The molecule has 2 aliphatic rings. The molecular weight excluding hydrogens is 375 g/mol. The van der Waals surface area contributed by atoms with E-state index in [0.717, 1.165) is 30.9 Å². The predicted octanol–water partition coefficient (Wildman–Crippen LogP) is 2.69. The van der Waals surface area contributed by atoms with Crippen molar-refractivity contribution in [2.75, 3.05) is 34.2 Å². The smallest absolute Gasteiger partial charge is 0.191 e. The molecule has 0 bridgehead atoms. The van der Waals surface area contributed by atoms with Gasteiger partial charge in [0.25, 0.3) is 0 Å². The molecular formula is C16H33IN4. The zero-order valence-corrected chi connectivity index (χ0v) is 16.4. The van der Waals surface area contributed by atoms with Gasteiger partial charge in [0.1, 0.15) is 0 Å². The van der Waals surface area contributed by atoms with E-state index in [2.05, 4.69) is 41.5 Å². The summed E-state index contributed by atoms with van der Waals surface area (Å²) in [6.07, 6.45) is 8.05. The molecule has 2 rings (SSSR count). The Morgan fingerprint density at radius 3 is 2.48 bits per heavy atom.